The average Bonchev–Trinajstić information content (AvgIpc) is 2.27. The summed E-state index contributed by atoms with van der Waals surface area (Å²) < 4.78 is 0. The van der Waals surface area contributed by atoms with Gasteiger partial charge < -0.3 is 10.0 Å². The van der Waals surface area contributed by atoms with Gasteiger partial charge in [0, 0.05) is 24.8 Å². The Hall–Kier alpha value is -1.44. The monoisotopic (exact) mass is 219 g/mol. The van der Waals surface area contributed by atoms with Gasteiger partial charge in [-0.1, -0.05) is 6.07 Å². The molecule has 0 aliphatic carbocycles. The molecule has 4 nitrogen and oxygen atoms in total. The molecule has 1 aromatic heterocycles. The minimum atomic E-state index is -0.285. The lowest BCUT2D eigenvalue weighted by atomic mass is 10.2. The minimum Gasteiger partial charge on any atom is -0.393 e. The number of aliphatic hydroxyl groups excluding tert-OH is 1. The Morgan fingerprint density at radius 1 is 1.62 bits per heavy atom. The first kappa shape index (κ1) is 12.6. The van der Waals surface area contributed by atoms with Crippen LogP contribution in [0.1, 0.15) is 24.6 Å². The van der Waals surface area contributed by atoms with Gasteiger partial charge in [-0.15, -0.1) is 0 Å². The Labute approximate surface area is 96.2 Å². The van der Waals surface area contributed by atoms with Crippen molar-refractivity contribution < 1.29 is 5.11 Å². The van der Waals surface area contributed by atoms with E-state index in [2.05, 4.69) is 16.0 Å². The third kappa shape index (κ3) is 3.97. The van der Waals surface area contributed by atoms with Crippen LogP contribution >= 0.6 is 0 Å². The predicted molar refractivity (Wildman–Crippen MR) is 61.6 cm³/mol. The van der Waals surface area contributed by atoms with E-state index in [0.29, 0.717) is 12.2 Å². The number of aliphatic hydroxyl groups is 1. The lowest BCUT2D eigenvalue weighted by Gasteiger charge is -2.17. The number of nitrogens with zero attached hydrogens (tertiary/aromatic N) is 3. The van der Waals surface area contributed by atoms with Crippen molar-refractivity contribution in [2.45, 2.75) is 26.0 Å². The van der Waals surface area contributed by atoms with Gasteiger partial charge in [-0.05, 0) is 26.5 Å². The summed E-state index contributed by atoms with van der Waals surface area (Å²) in [6.07, 6.45) is 2.07. The molecule has 0 amide bonds. The van der Waals surface area contributed by atoms with Crippen LogP contribution in [0.2, 0.25) is 0 Å². The fourth-order valence-electron chi connectivity index (χ4n) is 1.44. The fourth-order valence-corrected chi connectivity index (χ4v) is 1.44. The summed E-state index contributed by atoms with van der Waals surface area (Å²) in [7, 11) is 1.97. The van der Waals surface area contributed by atoms with Crippen LogP contribution in [0.25, 0.3) is 0 Å². The molecule has 0 aliphatic rings. The molecule has 1 unspecified atom stereocenters. The second-order valence-corrected chi connectivity index (χ2v) is 4.00. The van der Waals surface area contributed by atoms with Crippen LogP contribution in [0, 0.1) is 11.3 Å². The highest BCUT2D eigenvalue weighted by Crippen LogP contribution is 2.07. The quantitative estimate of drug-likeness (QED) is 0.807. The van der Waals surface area contributed by atoms with Gasteiger partial charge in [0.05, 0.1) is 6.10 Å². The molecule has 0 aliphatic heterocycles. The largest absolute Gasteiger partial charge is 0.393 e. The number of aromatic nitrogens is 1. The van der Waals surface area contributed by atoms with Gasteiger partial charge in [-0.25, -0.2) is 4.98 Å². The molecule has 86 valence electrons. The zero-order chi connectivity index (χ0) is 12.0. The van der Waals surface area contributed by atoms with Crippen molar-refractivity contribution in [2.75, 3.05) is 13.6 Å². The SMILES string of the molecule is CC(O)CCN(C)Cc1cccnc1C#N. The Kier molecular flexibility index (Phi) is 4.90. The Bertz CT molecular complexity index is 371. The maximum atomic E-state index is 9.18. The number of hydrogen-bond donors (Lipinski definition) is 1. The van der Waals surface area contributed by atoms with Crippen LogP contribution < -0.4 is 0 Å². The summed E-state index contributed by atoms with van der Waals surface area (Å²) in [5, 5.41) is 18.1. The second-order valence-electron chi connectivity index (χ2n) is 4.00. The van der Waals surface area contributed by atoms with Gasteiger partial charge in [0.1, 0.15) is 11.8 Å². The molecule has 4 heteroatoms. The maximum Gasteiger partial charge on any atom is 0.144 e. The van der Waals surface area contributed by atoms with E-state index in [9.17, 15) is 5.11 Å². The van der Waals surface area contributed by atoms with E-state index >= 15 is 0 Å². The summed E-state index contributed by atoms with van der Waals surface area (Å²) in [5.74, 6) is 0. The fraction of sp³-hybridized carbons (Fsp3) is 0.500. The molecule has 0 spiro atoms. The first-order chi connectivity index (χ1) is 7.63. The Morgan fingerprint density at radius 3 is 3.00 bits per heavy atom. The molecule has 0 fully saturated rings. The van der Waals surface area contributed by atoms with Crippen LogP contribution in [0.15, 0.2) is 18.3 Å². The molecular formula is C12H17N3O. The van der Waals surface area contributed by atoms with E-state index in [1.807, 2.05) is 19.2 Å². The molecule has 0 bridgehead atoms. The first-order valence-electron chi connectivity index (χ1n) is 5.34. The topological polar surface area (TPSA) is 60.1 Å². The molecule has 1 N–H and O–H groups in total. The highest BCUT2D eigenvalue weighted by molar-refractivity contribution is 5.30. The van der Waals surface area contributed by atoms with Gasteiger partial charge >= 0.3 is 0 Å². The van der Waals surface area contributed by atoms with Crippen molar-refractivity contribution in [3.63, 3.8) is 0 Å². The number of pyridine rings is 1. The van der Waals surface area contributed by atoms with E-state index in [0.717, 1.165) is 18.5 Å². The molecule has 1 aromatic rings. The third-order valence-electron chi connectivity index (χ3n) is 2.37. The normalized spacial score (nSPS) is 12.4. The van der Waals surface area contributed by atoms with Gasteiger partial charge in [0.2, 0.25) is 0 Å². The van der Waals surface area contributed by atoms with Crippen molar-refractivity contribution in [2.24, 2.45) is 0 Å². The third-order valence-corrected chi connectivity index (χ3v) is 2.37. The van der Waals surface area contributed by atoms with E-state index in [4.69, 9.17) is 5.26 Å². The van der Waals surface area contributed by atoms with Crippen LogP contribution in [0.4, 0.5) is 0 Å². The predicted octanol–water partition coefficient (Wildman–Crippen LogP) is 1.16. The van der Waals surface area contributed by atoms with Gasteiger partial charge in [-0.3, -0.25) is 0 Å². The summed E-state index contributed by atoms with van der Waals surface area (Å²) in [6, 6.07) is 5.82. The minimum absolute atomic E-state index is 0.285. The van der Waals surface area contributed by atoms with Crippen molar-refractivity contribution in [1.82, 2.24) is 9.88 Å². The molecule has 16 heavy (non-hydrogen) atoms. The summed E-state index contributed by atoms with van der Waals surface area (Å²) in [6.45, 7) is 3.26. The van der Waals surface area contributed by atoms with Crippen LogP contribution in [-0.4, -0.2) is 34.7 Å². The zero-order valence-electron chi connectivity index (χ0n) is 9.72. The molecule has 1 heterocycles. The molecular weight excluding hydrogens is 202 g/mol. The van der Waals surface area contributed by atoms with Crippen molar-refractivity contribution in [3.05, 3.63) is 29.6 Å². The van der Waals surface area contributed by atoms with Crippen LogP contribution in [-0.2, 0) is 6.54 Å². The standard InChI is InChI=1S/C12H17N3O/c1-10(16)5-7-15(2)9-11-4-3-6-14-12(11)8-13/h3-4,6,10,16H,5,7,9H2,1-2H3. The van der Waals surface area contributed by atoms with E-state index < -0.39 is 0 Å². The molecule has 0 radical (unpaired) electrons. The van der Waals surface area contributed by atoms with E-state index in [1.54, 1.807) is 13.1 Å². The lowest BCUT2D eigenvalue weighted by molar-refractivity contribution is 0.163. The lowest BCUT2D eigenvalue weighted by Crippen LogP contribution is -2.22. The van der Waals surface area contributed by atoms with Crippen molar-refractivity contribution >= 4 is 0 Å². The van der Waals surface area contributed by atoms with Crippen LogP contribution in [0.5, 0.6) is 0 Å². The Morgan fingerprint density at radius 2 is 2.38 bits per heavy atom. The molecule has 0 saturated heterocycles. The summed E-state index contributed by atoms with van der Waals surface area (Å²) >= 11 is 0. The first-order valence-corrected chi connectivity index (χ1v) is 5.34. The highest BCUT2D eigenvalue weighted by Gasteiger charge is 2.06. The molecule has 0 saturated carbocycles. The summed E-state index contributed by atoms with van der Waals surface area (Å²) in [5.41, 5.74) is 1.41. The number of hydrogen-bond acceptors (Lipinski definition) is 4. The van der Waals surface area contributed by atoms with Gasteiger partial charge in [0.15, 0.2) is 0 Å². The molecule has 0 aromatic carbocycles. The Balaban J connectivity index is 2.56. The van der Waals surface area contributed by atoms with Gasteiger partial charge in [-0.2, -0.15) is 5.26 Å². The van der Waals surface area contributed by atoms with E-state index in [1.165, 1.54) is 0 Å². The molecule has 1 rings (SSSR count). The second kappa shape index (κ2) is 6.21. The van der Waals surface area contributed by atoms with E-state index in [-0.39, 0.29) is 6.10 Å². The van der Waals surface area contributed by atoms with Crippen molar-refractivity contribution in [1.29, 1.82) is 5.26 Å². The van der Waals surface area contributed by atoms with Gasteiger partial charge in [0.25, 0.3) is 0 Å². The maximum absolute atomic E-state index is 9.18. The summed E-state index contributed by atoms with van der Waals surface area (Å²) in [4.78, 5) is 6.08. The average molecular weight is 219 g/mol. The highest BCUT2D eigenvalue weighted by atomic mass is 16.3. The molecule has 1 atom stereocenters. The van der Waals surface area contributed by atoms with Crippen molar-refractivity contribution in [3.8, 4) is 6.07 Å². The van der Waals surface area contributed by atoms with Crippen LogP contribution in [0.3, 0.4) is 0 Å². The number of rotatable bonds is 5. The smallest absolute Gasteiger partial charge is 0.144 e. The number of nitriles is 1. The zero-order valence-corrected chi connectivity index (χ0v) is 9.72.